The topological polar surface area (TPSA) is 51.6 Å². The molecule has 0 atom stereocenters. The van der Waals surface area contributed by atoms with E-state index in [9.17, 15) is 0 Å². The van der Waals surface area contributed by atoms with E-state index in [1.165, 1.54) is 0 Å². The van der Waals surface area contributed by atoms with Gasteiger partial charge in [0.05, 0.1) is 5.69 Å². The predicted molar refractivity (Wildman–Crippen MR) is 83.0 cm³/mol. The van der Waals surface area contributed by atoms with Crippen LogP contribution in [0, 0.1) is 13.8 Å². The highest BCUT2D eigenvalue weighted by Crippen LogP contribution is 2.27. The van der Waals surface area contributed by atoms with Crippen molar-refractivity contribution in [2.24, 2.45) is 0 Å². The Labute approximate surface area is 127 Å². The highest BCUT2D eigenvalue weighted by molar-refractivity contribution is 6.30. The summed E-state index contributed by atoms with van der Waals surface area (Å²) in [5.41, 5.74) is 3.35. The van der Waals surface area contributed by atoms with E-state index in [2.05, 4.69) is 19.9 Å². The minimum atomic E-state index is 0.440. The number of hydrogen-bond donors (Lipinski definition) is 0. The first-order valence-corrected chi connectivity index (χ1v) is 6.92. The van der Waals surface area contributed by atoms with E-state index in [1.807, 2.05) is 44.2 Å². The molecule has 0 saturated heterocycles. The van der Waals surface area contributed by atoms with Gasteiger partial charge < -0.3 is 0 Å². The lowest BCUT2D eigenvalue weighted by atomic mass is 10.1. The predicted octanol–water partition coefficient (Wildman–Crippen LogP) is 3.87. The molecule has 4 nitrogen and oxygen atoms in total. The summed E-state index contributed by atoms with van der Waals surface area (Å²) in [7, 11) is 0. The molecular weight excluding hydrogens is 284 g/mol. The molecule has 5 heteroatoms. The van der Waals surface area contributed by atoms with Crippen LogP contribution in [-0.2, 0) is 0 Å². The average molecular weight is 297 g/mol. The Bertz CT molecular complexity index is 788. The van der Waals surface area contributed by atoms with E-state index in [4.69, 9.17) is 11.6 Å². The summed E-state index contributed by atoms with van der Waals surface area (Å²) in [6.07, 6.45) is 1.69. The summed E-state index contributed by atoms with van der Waals surface area (Å²) in [5.74, 6) is 1.18. The molecule has 0 spiro atoms. The first-order valence-electron chi connectivity index (χ1n) is 6.55. The molecule has 2 heterocycles. The number of rotatable bonds is 2. The zero-order chi connectivity index (χ0) is 14.8. The lowest BCUT2D eigenvalue weighted by Gasteiger charge is -2.09. The standard InChI is InChI=1S/C16H13ClN4/c1-10-14(12-6-4-3-5-7-12)20-16(21-15(10)17)13-8-9-18-11(2)19-13/h3-9H,1-2H3. The fourth-order valence-electron chi connectivity index (χ4n) is 2.06. The molecule has 0 aliphatic heterocycles. The molecule has 0 fully saturated rings. The van der Waals surface area contributed by atoms with E-state index in [0.29, 0.717) is 22.5 Å². The molecule has 2 aromatic heterocycles. The van der Waals surface area contributed by atoms with Crippen LogP contribution in [0.1, 0.15) is 11.4 Å². The smallest absolute Gasteiger partial charge is 0.180 e. The Morgan fingerprint density at radius 1 is 0.905 bits per heavy atom. The lowest BCUT2D eigenvalue weighted by Crippen LogP contribution is -1.99. The molecule has 1 aromatic carbocycles. The van der Waals surface area contributed by atoms with Gasteiger partial charge in [0.2, 0.25) is 0 Å². The van der Waals surface area contributed by atoms with Crippen LogP contribution in [0.4, 0.5) is 0 Å². The van der Waals surface area contributed by atoms with Crippen LogP contribution in [0.3, 0.4) is 0 Å². The van der Waals surface area contributed by atoms with Gasteiger partial charge in [0, 0.05) is 17.3 Å². The highest BCUT2D eigenvalue weighted by atomic mass is 35.5. The van der Waals surface area contributed by atoms with Gasteiger partial charge in [0.1, 0.15) is 16.7 Å². The fourth-order valence-corrected chi connectivity index (χ4v) is 2.23. The molecule has 0 bridgehead atoms. The zero-order valence-electron chi connectivity index (χ0n) is 11.7. The van der Waals surface area contributed by atoms with E-state index in [1.54, 1.807) is 12.3 Å². The number of aromatic nitrogens is 4. The van der Waals surface area contributed by atoms with Crippen LogP contribution in [0.2, 0.25) is 5.15 Å². The van der Waals surface area contributed by atoms with Crippen molar-refractivity contribution >= 4 is 11.6 Å². The van der Waals surface area contributed by atoms with E-state index >= 15 is 0 Å². The van der Waals surface area contributed by atoms with Gasteiger partial charge in [0.15, 0.2) is 5.82 Å². The van der Waals surface area contributed by atoms with Gasteiger partial charge in [-0.2, -0.15) is 0 Å². The summed E-state index contributed by atoms with van der Waals surface area (Å²) in [6, 6.07) is 11.7. The molecule has 0 amide bonds. The van der Waals surface area contributed by atoms with Gasteiger partial charge in [-0.25, -0.2) is 19.9 Å². The third kappa shape index (κ3) is 2.76. The molecule has 0 aliphatic rings. The van der Waals surface area contributed by atoms with Crippen LogP contribution < -0.4 is 0 Å². The largest absolute Gasteiger partial charge is 0.242 e. The summed E-state index contributed by atoms with van der Waals surface area (Å²) >= 11 is 6.26. The fraction of sp³-hybridized carbons (Fsp3) is 0.125. The van der Waals surface area contributed by atoms with E-state index in [0.717, 1.165) is 16.8 Å². The molecule has 0 radical (unpaired) electrons. The average Bonchev–Trinajstić information content (AvgIpc) is 2.51. The van der Waals surface area contributed by atoms with Gasteiger partial charge in [-0.05, 0) is 19.9 Å². The lowest BCUT2D eigenvalue weighted by molar-refractivity contribution is 1.03. The van der Waals surface area contributed by atoms with Gasteiger partial charge in [-0.1, -0.05) is 41.9 Å². The first-order chi connectivity index (χ1) is 10.1. The Hall–Kier alpha value is -2.33. The minimum absolute atomic E-state index is 0.440. The van der Waals surface area contributed by atoms with Gasteiger partial charge in [0.25, 0.3) is 0 Å². The minimum Gasteiger partial charge on any atom is -0.242 e. The van der Waals surface area contributed by atoms with Crippen LogP contribution in [0.15, 0.2) is 42.6 Å². The highest BCUT2D eigenvalue weighted by Gasteiger charge is 2.13. The number of hydrogen-bond acceptors (Lipinski definition) is 4. The summed E-state index contributed by atoms with van der Waals surface area (Å²) in [5, 5.41) is 0.440. The van der Waals surface area contributed by atoms with Crippen molar-refractivity contribution in [3.63, 3.8) is 0 Å². The Balaban J connectivity index is 2.19. The molecule has 0 aliphatic carbocycles. The summed E-state index contributed by atoms with van der Waals surface area (Å²) < 4.78 is 0. The second-order valence-corrected chi connectivity index (χ2v) is 5.02. The van der Waals surface area contributed by atoms with Crippen molar-refractivity contribution in [2.75, 3.05) is 0 Å². The Morgan fingerprint density at radius 2 is 1.67 bits per heavy atom. The summed E-state index contributed by atoms with van der Waals surface area (Å²) in [4.78, 5) is 17.4. The van der Waals surface area contributed by atoms with Crippen molar-refractivity contribution in [3.8, 4) is 22.8 Å². The van der Waals surface area contributed by atoms with Crippen molar-refractivity contribution in [1.82, 2.24) is 19.9 Å². The van der Waals surface area contributed by atoms with E-state index in [-0.39, 0.29) is 0 Å². The van der Waals surface area contributed by atoms with E-state index < -0.39 is 0 Å². The van der Waals surface area contributed by atoms with Crippen LogP contribution in [0.5, 0.6) is 0 Å². The molecule has 21 heavy (non-hydrogen) atoms. The molecule has 3 aromatic rings. The third-order valence-electron chi connectivity index (χ3n) is 3.14. The van der Waals surface area contributed by atoms with Crippen molar-refractivity contribution in [3.05, 3.63) is 59.1 Å². The van der Waals surface area contributed by atoms with Crippen molar-refractivity contribution < 1.29 is 0 Å². The number of halogens is 1. The SMILES string of the molecule is Cc1nccc(-c2nc(Cl)c(C)c(-c3ccccc3)n2)n1. The van der Waals surface area contributed by atoms with Gasteiger partial charge in [-0.15, -0.1) is 0 Å². The van der Waals surface area contributed by atoms with Crippen LogP contribution in [-0.4, -0.2) is 19.9 Å². The molecule has 0 unspecified atom stereocenters. The number of aryl methyl sites for hydroxylation is 1. The Morgan fingerprint density at radius 3 is 2.38 bits per heavy atom. The van der Waals surface area contributed by atoms with Gasteiger partial charge in [-0.3, -0.25) is 0 Å². The maximum Gasteiger partial charge on any atom is 0.180 e. The second-order valence-electron chi connectivity index (χ2n) is 4.67. The zero-order valence-corrected chi connectivity index (χ0v) is 12.5. The van der Waals surface area contributed by atoms with Crippen molar-refractivity contribution in [2.45, 2.75) is 13.8 Å². The number of benzene rings is 1. The molecule has 3 rings (SSSR count). The van der Waals surface area contributed by atoms with Crippen LogP contribution >= 0.6 is 11.6 Å². The first kappa shape index (κ1) is 13.6. The molecule has 0 saturated carbocycles. The molecular formula is C16H13ClN4. The second kappa shape index (κ2) is 5.58. The number of nitrogens with zero attached hydrogens (tertiary/aromatic N) is 4. The maximum atomic E-state index is 6.26. The van der Waals surface area contributed by atoms with Gasteiger partial charge >= 0.3 is 0 Å². The molecule has 104 valence electrons. The van der Waals surface area contributed by atoms with Crippen molar-refractivity contribution in [1.29, 1.82) is 0 Å². The summed E-state index contributed by atoms with van der Waals surface area (Å²) in [6.45, 7) is 3.75. The Kier molecular flexibility index (Phi) is 3.62. The quantitative estimate of drug-likeness (QED) is 0.674. The normalized spacial score (nSPS) is 10.6. The monoisotopic (exact) mass is 296 g/mol. The third-order valence-corrected chi connectivity index (χ3v) is 3.51. The molecule has 0 N–H and O–H groups in total. The van der Waals surface area contributed by atoms with Crippen LogP contribution in [0.25, 0.3) is 22.8 Å². The maximum absolute atomic E-state index is 6.26.